The monoisotopic (exact) mass is 384 g/mol. The molecule has 0 saturated heterocycles. The summed E-state index contributed by atoms with van der Waals surface area (Å²) in [5.41, 5.74) is 1.66. The predicted molar refractivity (Wildman–Crippen MR) is 102 cm³/mol. The summed E-state index contributed by atoms with van der Waals surface area (Å²) < 4.78 is 12.4. The van der Waals surface area contributed by atoms with E-state index in [4.69, 9.17) is 26.8 Å². The summed E-state index contributed by atoms with van der Waals surface area (Å²) in [7, 11) is 3.12. The molecular weight excluding hydrogens is 368 g/mol. The van der Waals surface area contributed by atoms with Crippen LogP contribution in [0.25, 0.3) is 11.4 Å². The van der Waals surface area contributed by atoms with Crippen LogP contribution in [0.3, 0.4) is 0 Å². The fourth-order valence-electron chi connectivity index (χ4n) is 2.40. The Morgan fingerprint density at radius 2 is 1.89 bits per heavy atom. The van der Waals surface area contributed by atoms with Gasteiger partial charge in [0.15, 0.2) is 17.3 Å². The molecule has 0 unspecified atom stereocenters. The van der Waals surface area contributed by atoms with Crippen molar-refractivity contribution in [3.63, 3.8) is 0 Å². The number of nitrogens with zero attached hydrogens (tertiary/aromatic N) is 3. The topological polar surface area (TPSA) is 102 Å². The van der Waals surface area contributed by atoms with Crippen LogP contribution in [0.1, 0.15) is 15.9 Å². The number of benzene rings is 2. The van der Waals surface area contributed by atoms with Crippen molar-refractivity contribution in [2.24, 2.45) is 5.10 Å². The second kappa shape index (κ2) is 7.83. The maximum Gasteiger partial charge on any atom is 0.335 e. The van der Waals surface area contributed by atoms with E-state index in [2.05, 4.69) is 15.3 Å². The molecule has 0 saturated carbocycles. The van der Waals surface area contributed by atoms with Crippen LogP contribution in [-0.2, 0) is 0 Å². The van der Waals surface area contributed by atoms with Crippen LogP contribution in [0.5, 0.6) is 11.5 Å². The number of aromatic amines is 1. The van der Waals surface area contributed by atoms with Gasteiger partial charge in [0.1, 0.15) is 0 Å². The molecule has 0 radical (unpaired) electrons. The molecule has 0 atom stereocenters. The highest BCUT2D eigenvalue weighted by Gasteiger charge is 2.12. The molecule has 0 fully saturated rings. The van der Waals surface area contributed by atoms with E-state index in [1.165, 1.54) is 16.8 Å². The second-order valence-corrected chi connectivity index (χ2v) is 5.79. The number of carboxylic acids is 1. The molecule has 0 aliphatic heterocycles. The Labute approximate surface area is 159 Å². The van der Waals surface area contributed by atoms with Crippen molar-refractivity contribution in [2.45, 2.75) is 0 Å². The van der Waals surface area contributed by atoms with Gasteiger partial charge in [-0.3, -0.25) is 0 Å². The van der Waals surface area contributed by atoms with Crippen LogP contribution in [0, 0.1) is 4.77 Å². The molecule has 9 heteroatoms. The van der Waals surface area contributed by atoms with Crippen molar-refractivity contribution in [1.29, 1.82) is 0 Å². The first-order valence-corrected chi connectivity index (χ1v) is 8.22. The summed E-state index contributed by atoms with van der Waals surface area (Å²) in [6.07, 6.45) is 1.57. The lowest BCUT2D eigenvalue weighted by molar-refractivity contribution is 0.0697. The van der Waals surface area contributed by atoms with Crippen LogP contribution in [-0.4, -0.2) is 46.4 Å². The molecule has 27 heavy (non-hydrogen) atoms. The number of hydrogen-bond acceptors (Lipinski definition) is 6. The summed E-state index contributed by atoms with van der Waals surface area (Å²) in [6, 6.07) is 11.7. The summed E-state index contributed by atoms with van der Waals surface area (Å²) in [5, 5.41) is 20.2. The largest absolute Gasteiger partial charge is 0.493 e. The summed E-state index contributed by atoms with van der Waals surface area (Å²) in [5.74, 6) is 0.679. The molecule has 3 aromatic rings. The Bertz CT molecular complexity index is 1050. The molecule has 1 heterocycles. The standard InChI is InChI=1S/C18H16N4O4S/c1-25-14-8-7-13(9-15(14)26-2)16-20-21-18(27)22(16)19-10-11-3-5-12(6-4-11)17(23)24/h3-10H,1-2H3,(H,21,27)(H,23,24). The molecular formula is C18H16N4O4S. The Morgan fingerprint density at radius 1 is 1.19 bits per heavy atom. The van der Waals surface area contributed by atoms with Gasteiger partial charge in [-0.15, -0.1) is 0 Å². The average Bonchev–Trinajstić information content (AvgIpc) is 3.06. The molecule has 0 bridgehead atoms. The minimum atomic E-state index is -0.980. The summed E-state index contributed by atoms with van der Waals surface area (Å²) in [4.78, 5) is 10.9. The van der Waals surface area contributed by atoms with E-state index in [-0.39, 0.29) is 5.56 Å². The number of carbonyl (C=O) groups is 1. The maximum atomic E-state index is 10.9. The van der Waals surface area contributed by atoms with Gasteiger partial charge in [0, 0.05) is 5.56 Å². The van der Waals surface area contributed by atoms with Gasteiger partial charge in [-0.1, -0.05) is 12.1 Å². The average molecular weight is 384 g/mol. The zero-order valence-electron chi connectivity index (χ0n) is 14.5. The predicted octanol–water partition coefficient (Wildman–Crippen LogP) is 3.21. The smallest absolute Gasteiger partial charge is 0.335 e. The van der Waals surface area contributed by atoms with Crippen molar-refractivity contribution in [2.75, 3.05) is 14.2 Å². The fraction of sp³-hybridized carbons (Fsp3) is 0.111. The first kappa shape index (κ1) is 18.3. The van der Waals surface area contributed by atoms with Crippen LogP contribution in [0.4, 0.5) is 0 Å². The van der Waals surface area contributed by atoms with Gasteiger partial charge >= 0.3 is 5.97 Å². The molecule has 0 spiro atoms. The third kappa shape index (κ3) is 3.87. The third-order valence-corrected chi connectivity index (χ3v) is 4.04. The molecule has 3 rings (SSSR count). The second-order valence-electron chi connectivity index (χ2n) is 5.41. The van der Waals surface area contributed by atoms with Crippen LogP contribution in [0.15, 0.2) is 47.6 Å². The summed E-state index contributed by atoms with van der Waals surface area (Å²) >= 11 is 5.25. The van der Waals surface area contributed by atoms with Gasteiger partial charge in [0.2, 0.25) is 4.77 Å². The minimum Gasteiger partial charge on any atom is -0.493 e. The lowest BCUT2D eigenvalue weighted by atomic mass is 10.1. The minimum absolute atomic E-state index is 0.207. The van der Waals surface area contributed by atoms with E-state index in [1.807, 2.05) is 6.07 Å². The van der Waals surface area contributed by atoms with Crippen molar-refractivity contribution in [3.8, 4) is 22.9 Å². The number of aromatic carboxylic acids is 1. The lowest BCUT2D eigenvalue weighted by Crippen LogP contribution is -1.98. The third-order valence-electron chi connectivity index (χ3n) is 3.77. The normalized spacial score (nSPS) is 10.9. The van der Waals surface area contributed by atoms with E-state index < -0.39 is 5.97 Å². The van der Waals surface area contributed by atoms with E-state index in [9.17, 15) is 4.79 Å². The molecule has 8 nitrogen and oxygen atoms in total. The Hall–Kier alpha value is -3.46. The lowest BCUT2D eigenvalue weighted by Gasteiger charge is -2.09. The van der Waals surface area contributed by atoms with Crippen LogP contribution in [0.2, 0.25) is 0 Å². The Morgan fingerprint density at radius 3 is 2.52 bits per heavy atom. The van der Waals surface area contributed by atoms with Gasteiger partial charge < -0.3 is 14.6 Å². The Kier molecular flexibility index (Phi) is 5.32. The van der Waals surface area contributed by atoms with Crippen molar-refractivity contribution < 1.29 is 19.4 Å². The van der Waals surface area contributed by atoms with E-state index in [0.717, 1.165) is 11.1 Å². The quantitative estimate of drug-likeness (QED) is 0.500. The number of methoxy groups -OCH3 is 2. The number of nitrogens with one attached hydrogen (secondary N) is 1. The number of rotatable bonds is 6. The molecule has 0 aliphatic carbocycles. The highest BCUT2D eigenvalue weighted by molar-refractivity contribution is 7.71. The molecule has 2 N–H and O–H groups in total. The van der Waals surface area contributed by atoms with Crippen molar-refractivity contribution in [1.82, 2.24) is 14.9 Å². The van der Waals surface area contributed by atoms with Gasteiger partial charge in [-0.25, -0.2) is 9.89 Å². The van der Waals surface area contributed by atoms with Crippen molar-refractivity contribution in [3.05, 3.63) is 58.4 Å². The van der Waals surface area contributed by atoms with Gasteiger partial charge in [-0.2, -0.15) is 14.9 Å². The van der Waals surface area contributed by atoms with Gasteiger partial charge in [-0.05, 0) is 48.1 Å². The van der Waals surface area contributed by atoms with Crippen LogP contribution >= 0.6 is 12.2 Å². The zero-order chi connectivity index (χ0) is 19.4. The molecule has 138 valence electrons. The molecule has 1 aromatic heterocycles. The van der Waals surface area contributed by atoms with E-state index in [1.54, 1.807) is 44.7 Å². The number of carboxylic acid groups (broad SMARTS) is 1. The first-order chi connectivity index (χ1) is 13.0. The molecule has 0 aliphatic rings. The zero-order valence-corrected chi connectivity index (χ0v) is 15.4. The van der Waals surface area contributed by atoms with E-state index >= 15 is 0 Å². The number of H-pyrrole nitrogens is 1. The van der Waals surface area contributed by atoms with Crippen molar-refractivity contribution >= 4 is 24.4 Å². The van der Waals surface area contributed by atoms with Gasteiger partial charge in [0.05, 0.1) is 26.0 Å². The Balaban J connectivity index is 1.95. The number of aromatic nitrogens is 3. The van der Waals surface area contributed by atoms with Crippen LogP contribution < -0.4 is 9.47 Å². The molecule has 2 aromatic carbocycles. The summed E-state index contributed by atoms with van der Waals surface area (Å²) in [6.45, 7) is 0. The molecule has 0 amide bonds. The first-order valence-electron chi connectivity index (χ1n) is 7.81. The maximum absolute atomic E-state index is 10.9. The number of hydrogen-bond donors (Lipinski definition) is 2. The highest BCUT2D eigenvalue weighted by Crippen LogP contribution is 2.31. The SMILES string of the molecule is COc1ccc(-c2n[nH]c(=S)n2N=Cc2ccc(C(=O)O)cc2)cc1OC. The highest BCUT2D eigenvalue weighted by atomic mass is 32.1. The van der Waals surface area contributed by atoms with E-state index in [0.29, 0.717) is 22.1 Å². The fourth-order valence-corrected chi connectivity index (χ4v) is 2.58. The van der Waals surface area contributed by atoms with Gasteiger partial charge in [0.25, 0.3) is 0 Å². The number of ether oxygens (including phenoxy) is 2.